The van der Waals surface area contributed by atoms with E-state index in [0.717, 1.165) is 28.9 Å². The summed E-state index contributed by atoms with van der Waals surface area (Å²) in [4.78, 5) is 2.22. The van der Waals surface area contributed by atoms with E-state index in [1.54, 1.807) is 0 Å². The lowest BCUT2D eigenvalue weighted by molar-refractivity contribution is -0.142. The quantitative estimate of drug-likeness (QED) is 0.799. The standard InChI is InChI=1S/C11H16F3N3/c1-8(2)16-4-3-9-5-17(7-11(12,13)14)15-10(9)6-16/h5,8H,3-4,6-7H2,1-2H3. The summed E-state index contributed by atoms with van der Waals surface area (Å²) in [6, 6.07) is 0.399. The normalized spacial score (nSPS) is 17.5. The van der Waals surface area contributed by atoms with E-state index in [2.05, 4.69) is 23.8 Å². The number of halogens is 3. The Morgan fingerprint density at radius 3 is 2.71 bits per heavy atom. The Balaban J connectivity index is 2.12. The first-order valence-electron chi connectivity index (χ1n) is 5.71. The predicted octanol–water partition coefficient (Wildman–Crippen LogP) is 2.21. The third-order valence-electron chi connectivity index (χ3n) is 3.02. The van der Waals surface area contributed by atoms with Crippen molar-refractivity contribution in [3.8, 4) is 0 Å². The van der Waals surface area contributed by atoms with Gasteiger partial charge in [-0.15, -0.1) is 0 Å². The maximum atomic E-state index is 12.2. The molecule has 17 heavy (non-hydrogen) atoms. The van der Waals surface area contributed by atoms with Crippen LogP contribution in [0.3, 0.4) is 0 Å². The Kier molecular flexibility index (Phi) is 3.16. The first-order chi connectivity index (χ1) is 7.85. The molecule has 0 aliphatic carbocycles. The molecule has 0 atom stereocenters. The van der Waals surface area contributed by atoms with Crippen molar-refractivity contribution in [1.82, 2.24) is 14.7 Å². The molecule has 0 saturated heterocycles. The summed E-state index contributed by atoms with van der Waals surface area (Å²) in [5.41, 5.74) is 1.74. The van der Waals surface area contributed by atoms with E-state index in [0.29, 0.717) is 12.6 Å². The molecule has 2 rings (SSSR count). The Bertz CT molecular complexity index is 395. The molecule has 2 heterocycles. The Morgan fingerprint density at radius 2 is 2.12 bits per heavy atom. The fraction of sp³-hybridized carbons (Fsp3) is 0.727. The maximum absolute atomic E-state index is 12.2. The van der Waals surface area contributed by atoms with Gasteiger partial charge in [-0.25, -0.2) is 0 Å². The lowest BCUT2D eigenvalue weighted by Crippen LogP contribution is -2.35. The molecule has 1 aromatic rings. The molecule has 0 amide bonds. The zero-order chi connectivity index (χ0) is 12.6. The van der Waals surface area contributed by atoms with Gasteiger partial charge in [0.1, 0.15) is 6.54 Å². The molecule has 0 aromatic carbocycles. The van der Waals surface area contributed by atoms with Gasteiger partial charge in [0.05, 0.1) is 5.69 Å². The third kappa shape index (κ3) is 3.00. The van der Waals surface area contributed by atoms with E-state index in [1.165, 1.54) is 6.20 Å². The highest BCUT2D eigenvalue weighted by molar-refractivity contribution is 5.20. The molecule has 0 bridgehead atoms. The highest BCUT2D eigenvalue weighted by atomic mass is 19.4. The van der Waals surface area contributed by atoms with Crippen molar-refractivity contribution >= 4 is 0 Å². The summed E-state index contributed by atoms with van der Waals surface area (Å²) >= 11 is 0. The minimum atomic E-state index is -4.20. The zero-order valence-electron chi connectivity index (χ0n) is 9.96. The van der Waals surface area contributed by atoms with Gasteiger partial charge in [-0.05, 0) is 25.8 Å². The maximum Gasteiger partial charge on any atom is 0.408 e. The average molecular weight is 247 g/mol. The van der Waals surface area contributed by atoms with E-state index in [4.69, 9.17) is 0 Å². The van der Waals surface area contributed by atoms with Gasteiger partial charge >= 0.3 is 6.18 Å². The van der Waals surface area contributed by atoms with Gasteiger partial charge in [-0.3, -0.25) is 9.58 Å². The number of hydrogen-bond donors (Lipinski definition) is 0. The monoisotopic (exact) mass is 247 g/mol. The van der Waals surface area contributed by atoms with Gasteiger partial charge in [-0.2, -0.15) is 18.3 Å². The highest BCUT2D eigenvalue weighted by Crippen LogP contribution is 2.22. The van der Waals surface area contributed by atoms with Crippen molar-refractivity contribution in [2.75, 3.05) is 6.54 Å². The van der Waals surface area contributed by atoms with Crippen molar-refractivity contribution in [2.45, 2.75) is 45.6 Å². The van der Waals surface area contributed by atoms with E-state index >= 15 is 0 Å². The van der Waals surface area contributed by atoms with Crippen LogP contribution in [0.4, 0.5) is 13.2 Å². The number of rotatable bonds is 2. The molecule has 3 nitrogen and oxygen atoms in total. The van der Waals surface area contributed by atoms with Crippen molar-refractivity contribution in [3.05, 3.63) is 17.5 Å². The fourth-order valence-electron chi connectivity index (χ4n) is 2.09. The lowest BCUT2D eigenvalue weighted by Gasteiger charge is -2.29. The van der Waals surface area contributed by atoms with Gasteiger partial charge in [0.25, 0.3) is 0 Å². The molecule has 0 fully saturated rings. The summed E-state index contributed by atoms with van der Waals surface area (Å²) in [7, 11) is 0. The van der Waals surface area contributed by atoms with E-state index < -0.39 is 12.7 Å². The van der Waals surface area contributed by atoms with Crippen molar-refractivity contribution in [2.24, 2.45) is 0 Å². The van der Waals surface area contributed by atoms with Gasteiger partial charge in [0, 0.05) is 25.3 Å². The second-order valence-corrected chi connectivity index (χ2v) is 4.73. The minimum absolute atomic E-state index is 0.399. The Hall–Kier alpha value is -1.04. The molecule has 0 N–H and O–H groups in total. The highest BCUT2D eigenvalue weighted by Gasteiger charge is 2.30. The summed E-state index contributed by atoms with van der Waals surface area (Å²) in [6.07, 6.45) is -1.89. The first kappa shape index (κ1) is 12.4. The summed E-state index contributed by atoms with van der Waals surface area (Å²) in [5.74, 6) is 0. The van der Waals surface area contributed by atoms with Crippen LogP contribution in [0.25, 0.3) is 0 Å². The second kappa shape index (κ2) is 4.33. The Labute approximate surface area is 98.2 Å². The molecule has 1 aliphatic rings. The third-order valence-corrected chi connectivity index (χ3v) is 3.02. The molecule has 96 valence electrons. The topological polar surface area (TPSA) is 21.1 Å². The van der Waals surface area contributed by atoms with Crippen LogP contribution in [0.5, 0.6) is 0 Å². The van der Waals surface area contributed by atoms with Crippen LogP contribution < -0.4 is 0 Å². The molecule has 0 spiro atoms. The van der Waals surface area contributed by atoms with Crippen LogP contribution >= 0.6 is 0 Å². The summed E-state index contributed by atoms with van der Waals surface area (Å²) < 4.78 is 37.7. The van der Waals surface area contributed by atoms with Crippen LogP contribution in [-0.2, 0) is 19.5 Å². The van der Waals surface area contributed by atoms with Gasteiger partial charge in [0.2, 0.25) is 0 Å². The van der Waals surface area contributed by atoms with Gasteiger partial charge < -0.3 is 0 Å². The van der Waals surface area contributed by atoms with Crippen molar-refractivity contribution in [1.29, 1.82) is 0 Å². The van der Waals surface area contributed by atoms with E-state index in [1.807, 2.05) is 0 Å². The second-order valence-electron chi connectivity index (χ2n) is 4.73. The molecular weight excluding hydrogens is 231 g/mol. The molecule has 6 heteroatoms. The Morgan fingerprint density at radius 1 is 1.41 bits per heavy atom. The molecule has 0 saturated carbocycles. The summed E-state index contributed by atoms with van der Waals surface area (Å²) in [6.45, 7) is 4.71. The predicted molar refractivity (Wildman–Crippen MR) is 57.5 cm³/mol. The molecular formula is C11H16F3N3. The first-order valence-corrected chi connectivity index (χ1v) is 5.71. The number of hydrogen-bond acceptors (Lipinski definition) is 2. The lowest BCUT2D eigenvalue weighted by atomic mass is 10.1. The molecule has 1 aromatic heterocycles. The van der Waals surface area contributed by atoms with E-state index in [-0.39, 0.29) is 0 Å². The van der Waals surface area contributed by atoms with Crippen LogP contribution in [0.15, 0.2) is 6.20 Å². The molecule has 0 radical (unpaired) electrons. The van der Waals surface area contributed by atoms with Crippen LogP contribution in [0, 0.1) is 0 Å². The SMILES string of the molecule is CC(C)N1CCc2cn(CC(F)(F)F)nc2C1. The number of aromatic nitrogens is 2. The minimum Gasteiger partial charge on any atom is -0.295 e. The molecule has 1 aliphatic heterocycles. The van der Waals surface area contributed by atoms with Crippen molar-refractivity contribution in [3.63, 3.8) is 0 Å². The van der Waals surface area contributed by atoms with Crippen molar-refractivity contribution < 1.29 is 13.2 Å². The fourth-order valence-corrected chi connectivity index (χ4v) is 2.09. The number of alkyl halides is 3. The van der Waals surface area contributed by atoms with E-state index in [9.17, 15) is 13.2 Å². The van der Waals surface area contributed by atoms with Crippen LogP contribution in [0.1, 0.15) is 25.1 Å². The number of fused-ring (bicyclic) bond motifs is 1. The van der Waals surface area contributed by atoms with Gasteiger partial charge in [0.15, 0.2) is 0 Å². The summed E-state index contributed by atoms with van der Waals surface area (Å²) in [5, 5.41) is 4.02. The van der Waals surface area contributed by atoms with Gasteiger partial charge in [-0.1, -0.05) is 0 Å². The average Bonchev–Trinajstić information content (AvgIpc) is 2.54. The zero-order valence-corrected chi connectivity index (χ0v) is 9.96. The molecule has 0 unspecified atom stereocenters. The smallest absolute Gasteiger partial charge is 0.295 e. The largest absolute Gasteiger partial charge is 0.408 e. The van der Waals surface area contributed by atoms with Crippen LogP contribution in [-0.4, -0.2) is 33.4 Å². The number of nitrogens with zero attached hydrogens (tertiary/aromatic N) is 3. The van der Waals surface area contributed by atoms with Crippen LogP contribution in [0.2, 0.25) is 0 Å².